The van der Waals surface area contributed by atoms with Crippen molar-refractivity contribution in [3.63, 3.8) is 0 Å². The minimum atomic E-state index is -1.39. The molecule has 40 heavy (non-hydrogen) atoms. The number of ketones is 1. The van der Waals surface area contributed by atoms with Gasteiger partial charge < -0.3 is 26.8 Å². The molecule has 0 bridgehead atoms. The molecule has 14 heteroatoms. The summed E-state index contributed by atoms with van der Waals surface area (Å²) in [4.78, 5) is 53.8. The highest BCUT2D eigenvalue weighted by molar-refractivity contribution is 7.99. The van der Waals surface area contributed by atoms with Crippen molar-refractivity contribution in [3.8, 4) is 0 Å². The first-order valence-electron chi connectivity index (χ1n) is 13.9. The second-order valence-electron chi connectivity index (χ2n) is 11.7. The molecule has 1 saturated carbocycles. The number of aliphatic hydroxyl groups is 1. The van der Waals surface area contributed by atoms with Crippen LogP contribution in [0.1, 0.15) is 83.4 Å². The van der Waals surface area contributed by atoms with Crippen LogP contribution in [-0.4, -0.2) is 84.2 Å². The van der Waals surface area contributed by atoms with Crippen molar-refractivity contribution < 1.29 is 24.3 Å². The van der Waals surface area contributed by atoms with E-state index in [1.807, 2.05) is 0 Å². The largest absolute Gasteiger partial charge is 0.384 e. The standard InChI is InChI=1S/C26H41N7O5S.ClH/c1-25(2,38)20-14-29-31-33(20)17-13-19(23(36)30-26(21(34)22(28)35)8-10-39-11-9-26)32(15-17)24(37)18(27)12-16-6-4-3-5-7-16;/h14,16-19,38H,3-13,15,27H2,1-2H3,(H2,28,35)(H,30,36);1H/t17?,18-,19?;/m1./s1. The highest BCUT2D eigenvalue weighted by Crippen LogP contribution is 2.34. The molecule has 224 valence electrons. The Hall–Kier alpha value is -2.22. The number of likely N-dealkylation sites (tertiary alicyclic amines) is 1. The van der Waals surface area contributed by atoms with Gasteiger partial charge in [0.05, 0.1) is 24.0 Å². The maximum Gasteiger partial charge on any atom is 0.287 e. The third kappa shape index (κ3) is 6.97. The van der Waals surface area contributed by atoms with E-state index in [4.69, 9.17) is 11.5 Å². The molecule has 1 aromatic rings. The summed E-state index contributed by atoms with van der Waals surface area (Å²) in [5.74, 6) is -1.21. The first-order valence-corrected chi connectivity index (χ1v) is 15.0. The average Bonchev–Trinajstić information content (AvgIpc) is 3.56. The Balaban J connectivity index is 0.00000441. The second-order valence-corrected chi connectivity index (χ2v) is 13.0. The van der Waals surface area contributed by atoms with Gasteiger partial charge in [-0.15, -0.1) is 17.5 Å². The molecule has 4 rings (SSSR count). The summed E-state index contributed by atoms with van der Waals surface area (Å²) in [5, 5.41) is 21.6. The van der Waals surface area contributed by atoms with Crippen molar-refractivity contribution in [2.45, 2.75) is 101 Å². The van der Waals surface area contributed by atoms with Crippen molar-refractivity contribution >= 4 is 47.7 Å². The van der Waals surface area contributed by atoms with Crippen molar-refractivity contribution in [2.24, 2.45) is 17.4 Å². The number of Topliss-reactive ketones (excluding diaryl/α,β-unsaturated/α-hetero) is 1. The molecule has 2 unspecified atom stereocenters. The number of rotatable bonds is 9. The lowest BCUT2D eigenvalue weighted by atomic mass is 9.84. The molecule has 1 aliphatic carbocycles. The van der Waals surface area contributed by atoms with Crippen molar-refractivity contribution in [2.75, 3.05) is 18.1 Å². The minimum Gasteiger partial charge on any atom is -0.384 e. The lowest BCUT2D eigenvalue weighted by molar-refractivity contribution is -0.144. The second kappa shape index (κ2) is 13.2. The van der Waals surface area contributed by atoms with Gasteiger partial charge in [0.15, 0.2) is 0 Å². The normalized spacial score (nSPS) is 24.1. The summed E-state index contributed by atoms with van der Waals surface area (Å²) in [6, 6.07) is -2.15. The summed E-state index contributed by atoms with van der Waals surface area (Å²) in [5.41, 5.74) is 9.62. The number of hydrogen-bond acceptors (Lipinski definition) is 9. The Kier molecular flexibility index (Phi) is 10.6. The van der Waals surface area contributed by atoms with Crippen molar-refractivity contribution in [3.05, 3.63) is 11.9 Å². The zero-order valence-corrected chi connectivity index (χ0v) is 24.8. The molecule has 3 heterocycles. The van der Waals surface area contributed by atoms with Gasteiger partial charge in [0.25, 0.3) is 5.91 Å². The summed E-state index contributed by atoms with van der Waals surface area (Å²) in [6.45, 7) is 3.38. The van der Waals surface area contributed by atoms with Crippen molar-refractivity contribution in [1.82, 2.24) is 25.2 Å². The van der Waals surface area contributed by atoms with E-state index < -0.39 is 46.9 Å². The fourth-order valence-corrected chi connectivity index (χ4v) is 7.40. The van der Waals surface area contributed by atoms with Gasteiger partial charge in [-0.2, -0.15) is 11.8 Å². The third-order valence-corrected chi connectivity index (χ3v) is 9.39. The van der Waals surface area contributed by atoms with E-state index in [0.717, 1.165) is 25.7 Å². The maximum absolute atomic E-state index is 13.8. The number of carbonyl (C=O) groups excluding carboxylic acids is 4. The zero-order chi connectivity index (χ0) is 28.4. The molecule has 2 aliphatic heterocycles. The predicted molar refractivity (Wildman–Crippen MR) is 152 cm³/mol. The zero-order valence-electron chi connectivity index (χ0n) is 23.2. The number of nitrogens with zero attached hydrogens (tertiary/aromatic N) is 4. The van der Waals surface area contributed by atoms with Gasteiger partial charge in [-0.25, -0.2) is 4.68 Å². The smallest absolute Gasteiger partial charge is 0.287 e. The van der Waals surface area contributed by atoms with Gasteiger partial charge >= 0.3 is 0 Å². The lowest BCUT2D eigenvalue weighted by Crippen LogP contribution is -2.63. The van der Waals surface area contributed by atoms with Crippen LogP contribution >= 0.6 is 24.2 Å². The fourth-order valence-electron chi connectivity index (χ4n) is 6.21. The molecule has 3 aliphatic rings. The quantitative estimate of drug-likeness (QED) is 0.298. The Labute approximate surface area is 245 Å². The Morgan fingerprint density at radius 3 is 2.45 bits per heavy atom. The summed E-state index contributed by atoms with van der Waals surface area (Å²) in [6.07, 6.45) is 8.30. The lowest BCUT2D eigenvalue weighted by Gasteiger charge is -2.37. The molecule has 3 amide bonds. The van der Waals surface area contributed by atoms with E-state index in [1.165, 1.54) is 17.5 Å². The number of carbonyl (C=O) groups is 4. The predicted octanol–water partition coefficient (Wildman–Crippen LogP) is 0.803. The first-order chi connectivity index (χ1) is 18.4. The topological polar surface area (TPSA) is 187 Å². The molecule has 0 aromatic carbocycles. The van der Waals surface area contributed by atoms with Crippen LogP contribution in [0.25, 0.3) is 0 Å². The highest BCUT2D eigenvalue weighted by Gasteiger charge is 2.48. The number of nitrogens with two attached hydrogens (primary N) is 2. The van der Waals surface area contributed by atoms with Gasteiger partial charge in [0, 0.05) is 13.0 Å². The van der Waals surface area contributed by atoms with Crippen molar-refractivity contribution in [1.29, 1.82) is 0 Å². The van der Waals surface area contributed by atoms with Crippen LogP contribution in [-0.2, 0) is 24.8 Å². The number of halogens is 1. The Morgan fingerprint density at radius 2 is 1.85 bits per heavy atom. The number of primary amides is 1. The number of aromatic nitrogens is 3. The van der Waals surface area contributed by atoms with E-state index in [9.17, 15) is 24.3 Å². The number of thioether (sulfide) groups is 1. The molecule has 1 aromatic heterocycles. The van der Waals surface area contributed by atoms with Gasteiger partial charge in [0.1, 0.15) is 17.2 Å². The monoisotopic (exact) mass is 599 g/mol. The summed E-state index contributed by atoms with van der Waals surface area (Å²) in [7, 11) is 0. The highest BCUT2D eigenvalue weighted by atomic mass is 35.5. The van der Waals surface area contributed by atoms with Crippen LogP contribution in [0, 0.1) is 5.92 Å². The van der Waals surface area contributed by atoms with Crippen LogP contribution in [0.5, 0.6) is 0 Å². The molecular weight excluding hydrogens is 558 g/mol. The fraction of sp³-hybridized carbons (Fsp3) is 0.769. The molecule has 12 nitrogen and oxygen atoms in total. The van der Waals surface area contributed by atoms with Crippen LogP contribution in [0.15, 0.2) is 6.20 Å². The Morgan fingerprint density at radius 1 is 1.20 bits per heavy atom. The van der Waals surface area contributed by atoms with Gasteiger partial charge in [0.2, 0.25) is 17.6 Å². The van der Waals surface area contributed by atoms with E-state index >= 15 is 0 Å². The van der Waals surface area contributed by atoms with Crippen LogP contribution < -0.4 is 16.8 Å². The molecular formula is C26H42ClN7O5S. The Bertz CT molecular complexity index is 1080. The molecule has 3 fully saturated rings. The van der Waals surface area contributed by atoms with Crippen LogP contribution in [0.3, 0.4) is 0 Å². The SMILES string of the molecule is CC(C)(O)c1cnnn1C1CC(C(=O)NC2(C(=O)C(N)=O)CCSCC2)N(C(=O)[C@H](N)CC2CCCCC2)C1.Cl. The maximum atomic E-state index is 13.8. The van der Waals surface area contributed by atoms with Gasteiger partial charge in [-0.05, 0) is 50.5 Å². The van der Waals surface area contributed by atoms with E-state index in [1.54, 1.807) is 30.3 Å². The van der Waals surface area contributed by atoms with Crippen LogP contribution in [0.4, 0.5) is 0 Å². The number of nitrogens with one attached hydrogen (secondary N) is 1. The molecule has 0 spiro atoms. The first kappa shape index (κ1) is 32.3. The van der Waals surface area contributed by atoms with E-state index in [-0.39, 0.29) is 44.1 Å². The summed E-state index contributed by atoms with van der Waals surface area (Å²) >= 11 is 1.64. The van der Waals surface area contributed by atoms with Gasteiger partial charge in [-0.3, -0.25) is 19.2 Å². The molecule has 3 atom stereocenters. The molecule has 6 N–H and O–H groups in total. The number of amides is 3. The van der Waals surface area contributed by atoms with E-state index in [0.29, 0.717) is 29.5 Å². The molecule has 2 saturated heterocycles. The van der Waals surface area contributed by atoms with E-state index in [2.05, 4.69) is 15.6 Å². The summed E-state index contributed by atoms with van der Waals surface area (Å²) < 4.78 is 1.56. The third-order valence-electron chi connectivity index (χ3n) is 8.41. The minimum absolute atomic E-state index is 0. The van der Waals surface area contributed by atoms with Crippen LogP contribution in [0.2, 0.25) is 0 Å². The van der Waals surface area contributed by atoms with Gasteiger partial charge in [-0.1, -0.05) is 37.3 Å². The number of hydrogen-bond donors (Lipinski definition) is 4. The molecule has 0 radical (unpaired) electrons. The average molecular weight is 600 g/mol.